The monoisotopic (exact) mass is 420 g/mol. The molecule has 0 unspecified atom stereocenters. The van der Waals surface area contributed by atoms with E-state index in [9.17, 15) is 0 Å². The third kappa shape index (κ3) is 2.95. The van der Waals surface area contributed by atoms with Crippen LogP contribution in [0.3, 0.4) is 0 Å². The number of hydrogen-bond acceptors (Lipinski definition) is 5. The van der Waals surface area contributed by atoms with Crippen molar-refractivity contribution < 1.29 is 0 Å². The van der Waals surface area contributed by atoms with Crippen molar-refractivity contribution in [3.63, 3.8) is 0 Å². The number of hydrogen-bond donors (Lipinski definition) is 2. The first-order valence-electron chi connectivity index (χ1n) is 11.0. The average Bonchev–Trinajstić information content (AvgIpc) is 3.18. The summed E-state index contributed by atoms with van der Waals surface area (Å²) in [6.45, 7) is 0.453. The van der Waals surface area contributed by atoms with Crippen LogP contribution in [0, 0.1) is 0 Å². The summed E-state index contributed by atoms with van der Waals surface area (Å²) < 4.78 is 2.12. The van der Waals surface area contributed by atoms with Gasteiger partial charge in [-0.25, -0.2) is 15.0 Å². The van der Waals surface area contributed by atoms with Gasteiger partial charge in [0.1, 0.15) is 22.9 Å². The highest BCUT2D eigenvalue weighted by atomic mass is 15.1. The molecule has 1 fully saturated rings. The Kier molecular flexibility index (Phi) is 4.40. The number of nitrogens with zero attached hydrogens (tertiary/aromatic N) is 4. The normalized spacial score (nSPS) is 14.2. The van der Waals surface area contributed by atoms with Crippen molar-refractivity contribution in [2.24, 2.45) is 5.73 Å². The van der Waals surface area contributed by atoms with Crippen molar-refractivity contribution in [3.05, 3.63) is 78.4 Å². The number of nitrogen functional groups attached to an aromatic ring is 1. The van der Waals surface area contributed by atoms with Gasteiger partial charge in [-0.3, -0.25) is 4.40 Å². The van der Waals surface area contributed by atoms with Gasteiger partial charge in [-0.15, -0.1) is 0 Å². The van der Waals surface area contributed by atoms with Crippen molar-refractivity contribution in [2.75, 3.05) is 5.73 Å². The molecule has 0 radical (unpaired) electrons. The molecule has 0 amide bonds. The van der Waals surface area contributed by atoms with Crippen LogP contribution in [0.2, 0.25) is 0 Å². The summed E-state index contributed by atoms with van der Waals surface area (Å²) in [6.07, 6.45) is 7.30. The number of imidazole rings is 1. The highest BCUT2D eigenvalue weighted by molar-refractivity contribution is 5.92. The van der Waals surface area contributed by atoms with Gasteiger partial charge in [0.2, 0.25) is 0 Å². The molecule has 32 heavy (non-hydrogen) atoms. The maximum Gasteiger partial charge on any atom is 0.150 e. The van der Waals surface area contributed by atoms with E-state index in [1.807, 2.05) is 24.4 Å². The minimum atomic E-state index is 0.453. The molecule has 2 aromatic carbocycles. The fraction of sp³-hybridized carbons (Fsp3) is 0.192. The number of fused-ring (bicyclic) bond motifs is 2. The Morgan fingerprint density at radius 3 is 2.56 bits per heavy atom. The zero-order valence-electron chi connectivity index (χ0n) is 17.7. The molecule has 158 valence electrons. The second-order valence-corrected chi connectivity index (χ2v) is 8.45. The zero-order valence-corrected chi connectivity index (χ0v) is 17.7. The van der Waals surface area contributed by atoms with E-state index in [0.717, 1.165) is 50.3 Å². The highest BCUT2D eigenvalue weighted by Crippen LogP contribution is 2.39. The maximum absolute atomic E-state index is 6.32. The number of pyridine rings is 1. The Hall–Kier alpha value is -3.77. The van der Waals surface area contributed by atoms with Crippen molar-refractivity contribution in [2.45, 2.75) is 31.7 Å². The summed E-state index contributed by atoms with van der Waals surface area (Å²) >= 11 is 0. The zero-order chi connectivity index (χ0) is 21.7. The van der Waals surface area contributed by atoms with Crippen LogP contribution in [0.1, 0.15) is 36.6 Å². The summed E-state index contributed by atoms with van der Waals surface area (Å²) in [5, 5.41) is 1.06. The molecule has 3 heterocycles. The summed E-state index contributed by atoms with van der Waals surface area (Å²) in [6, 6.07) is 18.6. The van der Waals surface area contributed by atoms with E-state index in [4.69, 9.17) is 21.4 Å². The van der Waals surface area contributed by atoms with Crippen molar-refractivity contribution in [3.8, 4) is 22.5 Å². The van der Waals surface area contributed by atoms with Crippen molar-refractivity contribution in [1.29, 1.82) is 0 Å². The first-order chi connectivity index (χ1) is 15.7. The molecule has 6 nitrogen and oxygen atoms in total. The molecule has 5 aromatic rings. The number of aromatic nitrogens is 4. The molecule has 1 aliphatic rings. The van der Waals surface area contributed by atoms with E-state index < -0.39 is 0 Å². The van der Waals surface area contributed by atoms with Crippen LogP contribution in [0.4, 0.5) is 5.82 Å². The molecule has 4 N–H and O–H groups in total. The summed E-state index contributed by atoms with van der Waals surface area (Å²) in [5.74, 6) is 2.04. The third-order valence-corrected chi connectivity index (χ3v) is 6.54. The van der Waals surface area contributed by atoms with E-state index in [0.29, 0.717) is 18.3 Å². The van der Waals surface area contributed by atoms with Crippen LogP contribution >= 0.6 is 0 Å². The molecule has 1 aliphatic carbocycles. The van der Waals surface area contributed by atoms with Crippen molar-refractivity contribution in [1.82, 2.24) is 19.4 Å². The summed E-state index contributed by atoms with van der Waals surface area (Å²) in [4.78, 5) is 14.4. The van der Waals surface area contributed by atoms with Crippen LogP contribution in [0.5, 0.6) is 0 Å². The first kappa shape index (κ1) is 19.0. The number of benzene rings is 2. The largest absolute Gasteiger partial charge is 0.382 e. The molecule has 1 saturated carbocycles. The lowest BCUT2D eigenvalue weighted by Crippen LogP contribution is -2.12. The van der Waals surface area contributed by atoms with E-state index >= 15 is 0 Å². The van der Waals surface area contributed by atoms with E-state index in [-0.39, 0.29) is 0 Å². The maximum atomic E-state index is 6.32. The third-order valence-electron chi connectivity index (χ3n) is 6.54. The molecule has 6 heteroatoms. The van der Waals surface area contributed by atoms with Gasteiger partial charge in [0.05, 0.1) is 11.2 Å². The van der Waals surface area contributed by atoms with Gasteiger partial charge in [0.25, 0.3) is 0 Å². The lowest BCUT2D eigenvalue weighted by atomic mass is 9.85. The number of rotatable bonds is 4. The fourth-order valence-corrected chi connectivity index (χ4v) is 4.62. The molecule has 0 spiro atoms. The minimum absolute atomic E-state index is 0.453. The van der Waals surface area contributed by atoms with Gasteiger partial charge in [0.15, 0.2) is 0 Å². The summed E-state index contributed by atoms with van der Waals surface area (Å²) in [7, 11) is 0. The van der Waals surface area contributed by atoms with Gasteiger partial charge < -0.3 is 11.5 Å². The quantitative estimate of drug-likeness (QED) is 0.430. The Morgan fingerprint density at radius 2 is 1.81 bits per heavy atom. The molecule has 0 aliphatic heterocycles. The van der Waals surface area contributed by atoms with Crippen LogP contribution in [0.15, 0.2) is 67.0 Å². The standard InChI is InChI=1S/C26H24N6/c27-15-19-14-21(16-5-2-1-3-6-16)30-22-13-18(9-10-20(19)22)23-24-25(28)29-11-12-32(24)26(31-23)17-7-4-8-17/h1-3,5-6,9-14,17H,4,7-8,15,27H2,(H2,28,29). The Labute approximate surface area is 186 Å². The minimum Gasteiger partial charge on any atom is -0.382 e. The van der Waals surface area contributed by atoms with Gasteiger partial charge in [-0.05, 0) is 30.5 Å². The number of anilines is 1. The van der Waals surface area contributed by atoms with Crippen LogP contribution in [-0.4, -0.2) is 19.4 Å². The van der Waals surface area contributed by atoms with Gasteiger partial charge in [-0.2, -0.15) is 0 Å². The molecule has 6 rings (SSSR count). The first-order valence-corrected chi connectivity index (χ1v) is 11.0. The van der Waals surface area contributed by atoms with Crippen LogP contribution in [0.25, 0.3) is 38.9 Å². The Balaban J connectivity index is 1.57. The number of nitrogens with two attached hydrogens (primary N) is 2. The Bertz CT molecular complexity index is 1450. The lowest BCUT2D eigenvalue weighted by Gasteiger charge is -2.23. The molecule has 0 saturated heterocycles. The van der Waals surface area contributed by atoms with Gasteiger partial charge >= 0.3 is 0 Å². The van der Waals surface area contributed by atoms with E-state index in [1.165, 1.54) is 19.3 Å². The molecular weight excluding hydrogens is 396 g/mol. The predicted molar refractivity (Wildman–Crippen MR) is 128 cm³/mol. The van der Waals surface area contributed by atoms with Crippen LogP contribution in [-0.2, 0) is 6.54 Å². The van der Waals surface area contributed by atoms with Crippen LogP contribution < -0.4 is 11.5 Å². The van der Waals surface area contributed by atoms with E-state index in [2.05, 4.69) is 45.8 Å². The summed E-state index contributed by atoms with van der Waals surface area (Å²) in [5.41, 5.74) is 19.1. The second kappa shape index (κ2) is 7.43. The fourth-order valence-electron chi connectivity index (χ4n) is 4.62. The molecule has 0 atom stereocenters. The van der Waals surface area contributed by atoms with Gasteiger partial charge in [-0.1, -0.05) is 48.9 Å². The lowest BCUT2D eigenvalue weighted by molar-refractivity contribution is 0.400. The van der Waals surface area contributed by atoms with E-state index in [1.54, 1.807) is 6.20 Å². The Morgan fingerprint density at radius 1 is 0.969 bits per heavy atom. The van der Waals surface area contributed by atoms with Gasteiger partial charge in [0, 0.05) is 41.4 Å². The average molecular weight is 421 g/mol. The molecular formula is C26H24N6. The second-order valence-electron chi connectivity index (χ2n) is 8.45. The highest BCUT2D eigenvalue weighted by Gasteiger charge is 2.27. The molecule has 3 aromatic heterocycles. The smallest absolute Gasteiger partial charge is 0.150 e. The predicted octanol–water partition coefficient (Wildman–Crippen LogP) is 4.92. The topological polar surface area (TPSA) is 95.1 Å². The SMILES string of the molecule is NCc1cc(-c2ccccc2)nc2cc(-c3nc(C4CCC4)n4ccnc(N)c34)ccc12. The molecule has 0 bridgehead atoms. The van der Waals surface area contributed by atoms with Crippen molar-refractivity contribution >= 4 is 22.2 Å².